The third-order valence-electron chi connectivity index (χ3n) is 9.20. The molecule has 1 aromatic carbocycles. The molecular formula is C35H62NO6P. The van der Waals surface area contributed by atoms with Crippen LogP contribution in [0.2, 0.25) is 0 Å². The Morgan fingerprint density at radius 2 is 1.53 bits per heavy atom. The normalized spacial score (nSPS) is 21.6. The Balaban J connectivity index is 1.26. The molecule has 5 unspecified atom stereocenters. The molecule has 2 aliphatic heterocycles. The monoisotopic (exact) mass is 623 g/mol. The first-order valence-corrected chi connectivity index (χ1v) is 19.1. The van der Waals surface area contributed by atoms with Gasteiger partial charge in [-0.25, -0.2) is 4.57 Å². The van der Waals surface area contributed by atoms with Crippen LogP contribution in [0.3, 0.4) is 0 Å². The lowest BCUT2D eigenvalue weighted by atomic mass is 9.99. The summed E-state index contributed by atoms with van der Waals surface area (Å²) in [7, 11) is -4.21. The van der Waals surface area contributed by atoms with E-state index in [4.69, 9.17) is 18.5 Å². The largest absolute Gasteiger partial charge is 0.472 e. The molecule has 0 aliphatic carbocycles. The summed E-state index contributed by atoms with van der Waals surface area (Å²) in [6.07, 6.45) is 21.3. The van der Waals surface area contributed by atoms with Crippen molar-refractivity contribution < 1.29 is 28.0 Å². The van der Waals surface area contributed by atoms with Crippen LogP contribution >= 0.6 is 7.82 Å². The number of phosphoric acid groups is 1. The Labute approximate surface area is 263 Å². The average Bonchev–Trinajstić information content (AvgIpc) is 3.61. The fourth-order valence-electron chi connectivity index (χ4n) is 6.52. The standard InChI is InChI=1S/C35H62NO6P/c1-3-4-5-6-7-8-9-10-11-12-13-14-15-19-25-39-29-35(40-28-32-21-17-16-18-22-32)30-41-43(37,38)42-31(2)33-26-34-23-20-24-36(34)27-33/h16-18,21-22,31,33-35H,3-15,19-20,23-30H2,1-2H3,(H,37,38). The minimum absolute atomic E-state index is 0.0501. The van der Waals surface area contributed by atoms with Crippen molar-refractivity contribution in [3.63, 3.8) is 0 Å². The number of hydrogen-bond donors (Lipinski definition) is 1. The van der Waals surface area contributed by atoms with Gasteiger partial charge in [-0.1, -0.05) is 121 Å². The lowest BCUT2D eigenvalue weighted by Gasteiger charge is -2.24. The lowest BCUT2D eigenvalue weighted by Crippen LogP contribution is -2.27. The van der Waals surface area contributed by atoms with Crippen molar-refractivity contribution in [2.24, 2.45) is 5.92 Å². The highest BCUT2D eigenvalue weighted by atomic mass is 31.2. The quantitative estimate of drug-likeness (QED) is 0.0815. The predicted molar refractivity (Wildman–Crippen MR) is 175 cm³/mol. The van der Waals surface area contributed by atoms with E-state index < -0.39 is 13.9 Å². The Morgan fingerprint density at radius 1 is 0.907 bits per heavy atom. The van der Waals surface area contributed by atoms with Crippen molar-refractivity contribution in [2.45, 2.75) is 148 Å². The van der Waals surface area contributed by atoms with E-state index in [1.54, 1.807) is 0 Å². The van der Waals surface area contributed by atoms with E-state index in [0.717, 1.165) is 31.5 Å². The predicted octanol–water partition coefficient (Wildman–Crippen LogP) is 9.08. The summed E-state index contributed by atoms with van der Waals surface area (Å²) in [5.74, 6) is 0.257. The first-order chi connectivity index (χ1) is 21.0. The van der Waals surface area contributed by atoms with E-state index in [2.05, 4.69) is 11.8 Å². The molecule has 5 atom stereocenters. The topological polar surface area (TPSA) is 77.5 Å². The van der Waals surface area contributed by atoms with Gasteiger partial charge < -0.3 is 14.4 Å². The fourth-order valence-corrected chi connectivity index (χ4v) is 7.53. The van der Waals surface area contributed by atoms with Crippen molar-refractivity contribution in [3.8, 4) is 0 Å². The van der Waals surface area contributed by atoms with E-state index in [9.17, 15) is 9.46 Å². The molecule has 1 aromatic rings. The molecule has 0 bridgehead atoms. The highest BCUT2D eigenvalue weighted by Crippen LogP contribution is 2.47. The van der Waals surface area contributed by atoms with Crippen molar-refractivity contribution in [1.82, 2.24) is 4.90 Å². The highest BCUT2D eigenvalue weighted by molar-refractivity contribution is 7.47. The van der Waals surface area contributed by atoms with Crippen molar-refractivity contribution in [1.29, 1.82) is 0 Å². The number of ether oxygens (including phenoxy) is 2. The summed E-state index contributed by atoms with van der Waals surface area (Å²) >= 11 is 0. The number of hydrogen-bond acceptors (Lipinski definition) is 6. The van der Waals surface area contributed by atoms with Gasteiger partial charge in [-0.05, 0) is 50.6 Å². The minimum Gasteiger partial charge on any atom is -0.379 e. The zero-order valence-corrected chi connectivity index (χ0v) is 28.2. The van der Waals surface area contributed by atoms with E-state index in [0.29, 0.717) is 25.9 Å². The highest BCUT2D eigenvalue weighted by Gasteiger charge is 2.40. The van der Waals surface area contributed by atoms with Crippen molar-refractivity contribution in [3.05, 3.63) is 35.9 Å². The molecule has 0 amide bonds. The van der Waals surface area contributed by atoms with Gasteiger partial charge in [0.1, 0.15) is 6.10 Å². The number of rotatable bonds is 26. The number of benzene rings is 1. The maximum atomic E-state index is 12.8. The average molecular weight is 624 g/mol. The molecule has 0 radical (unpaired) electrons. The number of unbranched alkanes of at least 4 members (excludes halogenated alkanes) is 13. The summed E-state index contributed by atoms with van der Waals surface area (Å²) in [5.41, 5.74) is 1.04. The Morgan fingerprint density at radius 3 is 2.16 bits per heavy atom. The molecule has 1 N–H and O–H groups in total. The molecule has 2 saturated heterocycles. The van der Waals surface area contributed by atoms with E-state index in [1.165, 1.54) is 96.3 Å². The van der Waals surface area contributed by atoms with Gasteiger partial charge in [-0.2, -0.15) is 0 Å². The third-order valence-corrected chi connectivity index (χ3v) is 10.3. The summed E-state index contributed by atoms with van der Waals surface area (Å²) in [4.78, 5) is 13.0. The summed E-state index contributed by atoms with van der Waals surface area (Å²) in [5, 5.41) is 0. The molecule has 2 heterocycles. The lowest BCUT2D eigenvalue weighted by molar-refractivity contribution is -0.0526. The van der Waals surface area contributed by atoms with E-state index >= 15 is 0 Å². The van der Waals surface area contributed by atoms with Gasteiger partial charge in [0.2, 0.25) is 0 Å². The number of fused-ring (bicyclic) bond motifs is 1. The van der Waals surface area contributed by atoms with Crippen LogP contribution in [0.4, 0.5) is 0 Å². The summed E-state index contributed by atoms with van der Waals surface area (Å²) in [6, 6.07) is 10.5. The zero-order valence-electron chi connectivity index (χ0n) is 27.3. The van der Waals surface area contributed by atoms with Crippen LogP contribution in [-0.4, -0.2) is 61.0 Å². The third kappa shape index (κ3) is 15.9. The number of nitrogens with zero attached hydrogens (tertiary/aromatic N) is 1. The van der Waals surface area contributed by atoms with Gasteiger partial charge in [-0.15, -0.1) is 0 Å². The Bertz CT molecular complexity index is 861. The van der Waals surface area contributed by atoms with Gasteiger partial charge in [0.15, 0.2) is 0 Å². The van der Waals surface area contributed by atoms with Crippen LogP contribution in [0, 0.1) is 5.92 Å². The first-order valence-electron chi connectivity index (χ1n) is 17.6. The van der Waals surface area contributed by atoms with Crippen molar-refractivity contribution in [2.75, 3.05) is 32.9 Å². The van der Waals surface area contributed by atoms with E-state index in [-0.39, 0.29) is 18.6 Å². The van der Waals surface area contributed by atoms with Crippen molar-refractivity contribution >= 4 is 7.82 Å². The molecule has 3 rings (SSSR count). The molecule has 8 heteroatoms. The van der Waals surface area contributed by atoms with Crippen LogP contribution in [-0.2, 0) is 29.7 Å². The zero-order chi connectivity index (χ0) is 30.6. The molecule has 0 spiro atoms. The molecule has 43 heavy (non-hydrogen) atoms. The minimum atomic E-state index is -4.21. The van der Waals surface area contributed by atoms with E-state index in [1.807, 2.05) is 37.3 Å². The molecule has 0 aromatic heterocycles. The second-order valence-corrected chi connectivity index (χ2v) is 14.4. The number of phosphoric ester groups is 1. The molecule has 0 saturated carbocycles. The second kappa shape index (κ2) is 21.9. The molecule has 248 valence electrons. The Kier molecular flexibility index (Phi) is 18.6. The molecule has 2 aliphatic rings. The smallest absolute Gasteiger partial charge is 0.379 e. The Hall–Kier alpha value is -0.790. The van der Waals surface area contributed by atoms with Crippen LogP contribution in [0.15, 0.2) is 30.3 Å². The van der Waals surface area contributed by atoms with Gasteiger partial charge in [0, 0.05) is 19.2 Å². The van der Waals surface area contributed by atoms with Crippen LogP contribution in [0.25, 0.3) is 0 Å². The van der Waals surface area contributed by atoms with Gasteiger partial charge in [-0.3, -0.25) is 13.9 Å². The first kappa shape index (κ1) is 36.7. The summed E-state index contributed by atoms with van der Waals surface area (Å²) in [6.45, 7) is 7.55. The fraction of sp³-hybridized carbons (Fsp3) is 0.829. The van der Waals surface area contributed by atoms with Crippen LogP contribution in [0.1, 0.15) is 129 Å². The van der Waals surface area contributed by atoms with Gasteiger partial charge >= 0.3 is 7.82 Å². The van der Waals surface area contributed by atoms with Gasteiger partial charge in [0.25, 0.3) is 0 Å². The second-order valence-electron chi connectivity index (χ2n) is 13.0. The molecular weight excluding hydrogens is 561 g/mol. The van der Waals surface area contributed by atoms with Gasteiger partial charge in [0.05, 0.1) is 25.9 Å². The molecule has 7 nitrogen and oxygen atoms in total. The van der Waals surface area contributed by atoms with Crippen LogP contribution < -0.4 is 0 Å². The molecule has 2 fully saturated rings. The SMILES string of the molecule is CCCCCCCCCCCCCCCCOCC(COP(=O)(O)OC(C)C1CC2CCCN2C1)OCc1ccccc1. The van der Waals surface area contributed by atoms with Crippen LogP contribution in [0.5, 0.6) is 0 Å². The maximum Gasteiger partial charge on any atom is 0.472 e. The maximum absolute atomic E-state index is 12.8. The summed E-state index contributed by atoms with van der Waals surface area (Å²) < 4.78 is 35.9.